The van der Waals surface area contributed by atoms with Crippen LogP contribution in [0.15, 0.2) is 24.3 Å². The van der Waals surface area contributed by atoms with E-state index in [0.717, 1.165) is 11.3 Å². The summed E-state index contributed by atoms with van der Waals surface area (Å²) in [6.45, 7) is 4.04. The lowest BCUT2D eigenvalue weighted by Gasteiger charge is -2.19. The van der Waals surface area contributed by atoms with Crippen LogP contribution >= 0.6 is 11.8 Å². The first kappa shape index (κ1) is 14.0. The molecule has 17 heavy (non-hydrogen) atoms. The summed E-state index contributed by atoms with van der Waals surface area (Å²) in [6.07, 6.45) is 2.05. The van der Waals surface area contributed by atoms with E-state index < -0.39 is 0 Å². The van der Waals surface area contributed by atoms with E-state index in [0.29, 0.717) is 6.04 Å². The number of nitrogens with zero attached hydrogens (tertiary/aromatic N) is 1. The number of rotatable bonds is 6. The van der Waals surface area contributed by atoms with Gasteiger partial charge in [-0.25, -0.2) is 0 Å². The van der Waals surface area contributed by atoms with E-state index in [1.165, 1.54) is 0 Å². The second-order valence-corrected chi connectivity index (χ2v) is 4.97. The first-order valence-electron chi connectivity index (χ1n) is 5.54. The Morgan fingerprint density at radius 1 is 1.41 bits per heavy atom. The third-order valence-electron chi connectivity index (χ3n) is 2.55. The van der Waals surface area contributed by atoms with Crippen LogP contribution in [0.4, 0.5) is 5.69 Å². The van der Waals surface area contributed by atoms with Gasteiger partial charge in [-0.1, -0.05) is 18.2 Å². The summed E-state index contributed by atoms with van der Waals surface area (Å²) in [6, 6.07) is 7.20. The first-order chi connectivity index (χ1) is 8.06. The highest BCUT2D eigenvalue weighted by Crippen LogP contribution is 2.24. The van der Waals surface area contributed by atoms with Crippen molar-refractivity contribution in [3.05, 3.63) is 39.9 Å². The van der Waals surface area contributed by atoms with Crippen LogP contribution in [0.1, 0.15) is 25.5 Å². The molecular weight excluding hydrogens is 236 g/mol. The van der Waals surface area contributed by atoms with Crippen molar-refractivity contribution in [2.24, 2.45) is 0 Å². The van der Waals surface area contributed by atoms with Crippen molar-refractivity contribution in [1.29, 1.82) is 0 Å². The quantitative estimate of drug-likeness (QED) is 0.626. The molecule has 0 aliphatic heterocycles. The zero-order valence-corrected chi connectivity index (χ0v) is 11.2. The molecule has 0 radical (unpaired) electrons. The van der Waals surface area contributed by atoms with Crippen molar-refractivity contribution < 1.29 is 4.92 Å². The van der Waals surface area contributed by atoms with Crippen molar-refractivity contribution >= 4 is 17.4 Å². The van der Waals surface area contributed by atoms with E-state index >= 15 is 0 Å². The second kappa shape index (κ2) is 6.61. The SMILES string of the molecule is CSCC(C)NC(C)c1ccccc1[N+](=O)[O-]. The molecule has 0 aromatic heterocycles. The van der Waals surface area contributed by atoms with Crippen molar-refractivity contribution in [1.82, 2.24) is 5.32 Å². The fourth-order valence-electron chi connectivity index (χ4n) is 1.83. The third-order valence-corrected chi connectivity index (χ3v) is 3.38. The number of nitrogens with one attached hydrogen (secondary N) is 1. The van der Waals surface area contributed by atoms with Gasteiger partial charge in [-0.2, -0.15) is 11.8 Å². The van der Waals surface area contributed by atoms with E-state index in [4.69, 9.17) is 0 Å². The second-order valence-electron chi connectivity index (χ2n) is 4.06. The molecule has 0 bridgehead atoms. The fraction of sp³-hybridized carbons (Fsp3) is 0.500. The lowest BCUT2D eigenvalue weighted by Crippen LogP contribution is -2.31. The van der Waals surface area contributed by atoms with Gasteiger partial charge in [-0.05, 0) is 20.1 Å². The van der Waals surface area contributed by atoms with Crippen LogP contribution < -0.4 is 5.32 Å². The summed E-state index contributed by atoms with van der Waals surface area (Å²) in [5.41, 5.74) is 0.925. The Bertz CT molecular complexity index is 385. The summed E-state index contributed by atoms with van der Waals surface area (Å²) in [4.78, 5) is 10.6. The minimum atomic E-state index is -0.327. The molecule has 1 aromatic carbocycles. The number of benzene rings is 1. The molecule has 0 heterocycles. The van der Waals surface area contributed by atoms with E-state index in [9.17, 15) is 10.1 Å². The molecule has 2 atom stereocenters. The minimum Gasteiger partial charge on any atom is -0.307 e. The smallest absolute Gasteiger partial charge is 0.274 e. The van der Waals surface area contributed by atoms with Gasteiger partial charge in [0.15, 0.2) is 0 Å². The number of nitro benzene ring substituents is 1. The lowest BCUT2D eigenvalue weighted by molar-refractivity contribution is -0.385. The number of para-hydroxylation sites is 1. The molecule has 0 aliphatic carbocycles. The molecule has 1 rings (SSSR count). The molecule has 2 unspecified atom stereocenters. The Hall–Kier alpha value is -1.07. The van der Waals surface area contributed by atoms with Gasteiger partial charge in [0.05, 0.1) is 4.92 Å². The van der Waals surface area contributed by atoms with Gasteiger partial charge < -0.3 is 5.32 Å². The zero-order valence-electron chi connectivity index (χ0n) is 10.3. The number of hydrogen-bond donors (Lipinski definition) is 1. The van der Waals surface area contributed by atoms with Gasteiger partial charge in [-0.15, -0.1) is 0 Å². The molecule has 1 aromatic rings. The zero-order chi connectivity index (χ0) is 12.8. The van der Waals surface area contributed by atoms with Gasteiger partial charge in [0.1, 0.15) is 0 Å². The topological polar surface area (TPSA) is 55.2 Å². The van der Waals surface area contributed by atoms with E-state index in [2.05, 4.69) is 12.2 Å². The average Bonchev–Trinajstić information content (AvgIpc) is 2.29. The molecule has 4 nitrogen and oxygen atoms in total. The van der Waals surface area contributed by atoms with Gasteiger partial charge in [0, 0.05) is 29.5 Å². The van der Waals surface area contributed by atoms with E-state index in [1.807, 2.05) is 25.3 Å². The number of thioether (sulfide) groups is 1. The molecule has 0 saturated heterocycles. The van der Waals surface area contributed by atoms with Crippen LogP contribution in [0, 0.1) is 10.1 Å². The fourth-order valence-corrected chi connectivity index (χ4v) is 2.43. The lowest BCUT2D eigenvalue weighted by atomic mass is 10.1. The first-order valence-corrected chi connectivity index (χ1v) is 6.94. The highest BCUT2D eigenvalue weighted by atomic mass is 32.2. The normalized spacial score (nSPS) is 14.3. The maximum absolute atomic E-state index is 10.9. The van der Waals surface area contributed by atoms with Crippen LogP contribution in [0.2, 0.25) is 0 Å². The Labute approximate surface area is 106 Å². The van der Waals surface area contributed by atoms with Crippen molar-refractivity contribution in [2.45, 2.75) is 25.9 Å². The summed E-state index contributed by atoms with van der Waals surface area (Å²) in [5, 5.41) is 14.3. The Kier molecular flexibility index (Phi) is 5.44. The highest BCUT2D eigenvalue weighted by molar-refractivity contribution is 7.98. The van der Waals surface area contributed by atoms with Crippen LogP contribution in [-0.4, -0.2) is 23.0 Å². The summed E-state index contributed by atoms with van der Waals surface area (Å²) < 4.78 is 0. The van der Waals surface area contributed by atoms with Crippen LogP contribution in [0.25, 0.3) is 0 Å². The predicted octanol–water partition coefficient (Wildman–Crippen LogP) is 3.00. The van der Waals surface area contributed by atoms with E-state index in [-0.39, 0.29) is 16.7 Å². The molecule has 0 saturated carbocycles. The van der Waals surface area contributed by atoms with Crippen molar-refractivity contribution in [2.75, 3.05) is 12.0 Å². The maximum atomic E-state index is 10.9. The summed E-state index contributed by atoms with van der Waals surface area (Å²) >= 11 is 1.76. The molecule has 0 aliphatic rings. The third kappa shape index (κ3) is 4.02. The van der Waals surface area contributed by atoms with Gasteiger partial charge in [0.25, 0.3) is 5.69 Å². The summed E-state index contributed by atoms with van der Waals surface area (Å²) in [5.74, 6) is 0.991. The van der Waals surface area contributed by atoms with Gasteiger partial charge in [0.2, 0.25) is 0 Å². The number of nitro groups is 1. The summed E-state index contributed by atoms with van der Waals surface area (Å²) in [7, 11) is 0. The minimum absolute atomic E-state index is 0.0150. The molecule has 94 valence electrons. The Morgan fingerprint density at radius 3 is 2.65 bits per heavy atom. The van der Waals surface area contributed by atoms with Crippen LogP contribution in [0.5, 0.6) is 0 Å². The van der Waals surface area contributed by atoms with E-state index in [1.54, 1.807) is 23.9 Å². The Morgan fingerprint density at radius 2 is 2.06 bits per heavy atom. The van der Waals surface area contributed by atoms with Crippen molar-refractivity contribution in [3.63, 3.8) is 0 Å². The molecule has 0 amide bonds. The maximum Gasteiger partial charge on any atom is 0.274 e. The molecular formula is C12H18N2O2S. The predicted molar refractivity (Wildman–Crippen MR) is 72.5 cm³/mol. The monoisotopic (exact) mass is 254 g/mol. The molecule has 5 heteroatoms. The Balaban J connectivity index is 2.81. The van der Waals surface area contributed by atoms with Gasteiger partial charge in [-0.3, -0.25) is 10.1 Å². The highest BCUT2D eigenvalue weighted by Gasteiger charge is 2.18. The van der Waals surface area contributed by atoms with Crippen LogP contribution in [-0.2, 0) is 0 Å². The van der Waals surface area contributed by atoms with Gasteiger partial charge >= 0.3 is 0 Å². The molecule has 1 N–H and O–H groups in total. The van der Waals surface area contributed by atoms with Crippen molar-refractivity contribution in [3.8, 4) is 0 Å². The van der Waals surface area contributed by atoms with Crippen LogP contribution in [0.3, 0.4) is 0 Å². The largest absolute Gasteiger partial charge is 0.307 e. The average molecular weight is 254 g/mol. The number of hydrogen-bond acceptors (Lipinski definition) is 4. The molecule has 0 fully saturated rings. The standard InChI is InChI=1S/C12H18N2O2S/c1-9(8-17-3)13-10(2)11-6-4-5-7-12(11)14(15)16/h4-7,9-10,13H,8H2,1-3H3. The molecule has 0 spiro atoms.